The molecule has 81 heavy (non-hydrogen) atoms. The van der Waals surface area contributed by atoms with Gasteiger partial charge in [0.2, 0.25) is 0 Å². The third kappa shape index (κ3) is 7.63. The van der Waals surface area contributed by atoms with Crippen molar-refractivity contribution in [2.75, 3.05) is 4.90 Å². The first-order valence-electron chi connectivity index (χ1n) is 27.1. The number of nitrogens with zero attached hydrogens (tertiary/aromatic N) is 4. The Kier molecular flexibility index (Phi) is 11.1. The Bertz CT molecular complexity index is 4710. The Hall–Kier alpha value is -11.1. The van der Waals surface area contributed by atoms with Crippen molar-refractivity contribution in [3.63, 3.8) is 0 Å². The number of rotatable bonds is 9. The van der Waals surface area contributed by atoms with Crippen molar-refractivity contribution in [1.82, 2.24) is 9.13 Å². The van der Waals surface area contributed by atoms with Crippen molar-refractivity contribution >= 4 is 61.1 Å². The number of aromatic nitrogens is 2. The standard InChI is InChI=1S/C75H46N4O2/c76-47-65-67(77-68-43-53(48-19-6-1-7-20-48)33-37-58(68)59-38-34-54(44-69(59)77)49-21-8-2-9-22-49)42-41-63(62-30-18-31-64-72(62)75(81)79(74(64)80)66-32-17-16-29-57(66)52-27-14-5-15-28-52)73(65)78-70-45-55(50-23-10-3-11-24-50)35-39-60(70)61-40-36-56(46-71(61)78)51-25-12-4-13-26-51/h1-46H. The SMILES string of the molecule is N#Cc1c(-n2c3cc(-c4ccccc4)ccc3c3ccc(-c4ccccc4)cc32)ccc(-c2cccc3c2C(=O)N(c2ccccc2-c2ccccc2)C3=O)c1-n1c2cc(-c3ccccc3)ccc2c2ccc(-c3ccccc3)cc21. The number of fused-ring (bicyclic) bond motifs is 7. The monoisotopic (exact) mass is 1030 g/mol. The molecule has 378 valence electrons. The van der Waals surface area contributed by atoms with Gasteiger partial charge in [0, 0.05) is 32.7 Å². The summed E-state index contributed by atoms with van der Waals surface area (Å²) >= 11 is 0. The number of carbonyl (C=O) groups excluding carboxylic acids is 2. The summed E-state index contributed by atoms with van der Waals surface area (Å²) < 4.78 is 4.49. The van der Waals surface area contributed by atoms with Crippen LogP contribution in [0.15, 0.2) is 279 Å². The molecule has 0 radical (unpaired) electrons. The smallest absolute Gasteiger partial charge is 0.266 e. The van der Waals surface area contributed by atoms with E-state index in [9.17, 15) is 5.26 Å². The van der Waals surface area contributed by atoms with E-state index in [1.54, 1.807) is 6.07 Å². The molecular weight excluding hydrogens is 989 g/mol. The van der Waals surface area contributed by atoms with Crippen LogP contribution in [0.25, 0.3) is 122 Å². The van der Waals surface area contributed by atoms with Gasteiger partial charge in [-0.3, -0.25) is 9.59 Å². The normalized spacial score (nSPS) is 12.2. The van der Waals surface area contributed by atoms with Gasteiger partial charge >= 0.3 is 0 Å². The highest BCUT2D eigenvalue weighted by Gasteiger charge is 2.40. The van der Waals surface area contributed by atoms with Crippen LogP contribution in [0.2, 0.25) is 0 Å². The van der Waals surface area contributed by atoms with E-state index in [1.807, 2.05) is 121 Å². The van der Waals surface area contributed by atoms with Crippen LogP contribution in [0.1, 0.15) is 26.3 Å². The predicted octanol–water partition coefficient (Wildman–Crippen LogP) is 18.6. The first kappa shape index (κ1) is 47.1. The fourth-order valence-electron chi connectivity index (χ4n) is 12.4. The van der Waals surface area contributed by atoms with Gasteiger partial charge in [-0.2, -0.15) is 5.26 Å². The summed E-state index contributed by atoms with van der Waals surface area (Å²) in [6.07, 6.45) is 0. The number of carbonyl (C=O) groups is 2. The Balaban J connectivity index is 1.07. The Morgan fingerprint density at radius 2 is 0.667 bits per heavy atom. The summed E-state index contributed by atoms with van der Waals surface area (Å²) in [6.45, 7) is 0. The average molecular weight is 1040 g/mol. The molecule has 15 rings (SSSR count). The van der Waals surface area contributed by atoms with Crippen LogP contribution in [0.3, 0.4) is 0 Å². The second kappa shape index (κ2) is 19.1. The third-order valence-corrected chi connectivity index (χ3v) is 16.1. The van der Waals surface area contributed by atoms with Gasteiger partial charge in [0.05, 0.1) is 50.3 Å². The minimum Gasteiger partial charge on any atom is -0.308 e. The first-order chi connectivity index (χ1) is 40.0. The second-order valence-electron chi connectivity index (χ2n) is 20.6. The molecule has 0 saturated carbocycles. The number of amides is 2. The molecule has 2 amide bonds. The lowest BCUT2D eigenvalue weighted by Crippen LogP contribution is -2.30. The van der Waals surface area contributed by atoms with Gasteiger partial charge < -0.3 is 9.13 Å². The molecule has 0 saturated heterocycles. The van der Waals surface area contributed by atoms with E-state index in [-0.39, 0.29) is 11.1 Å². The molecule has 6 nitrogen and oxygen atoms in total. The second-order valence-corrected chi connectivity index (χ2v) is 20.6. The van der Waals surface area contributed by atoms with Crippen LogP contribution in [0.5, 0.6) is 0 Å². The van der Waals surface area contributed by atoms with Crippen LogP contribution in [0, 0.1) is 11.3 Å². The van der Waals surface area contributed by atoms with E-state index in [0.29, 0.717) is 33.8 Å². The number of hydrogen-bond donors (Lipinski definition) is 0. The van der Waals surface area contributed by atoms with E-state index in [1.165, 1.54) is 4.90 Å². The molecular formula is C75H46N4O2. The van der Waals surface area contributed by atoms with Crippen molar-refractivity contribution in [3.05, 3.63) is 296 Å². The minimum atomic E-state index is -0.438. The number of anilines is 1. The van der Waals surface area contributed by atoms with Gasteiger partial charge in [-0.05, 0) is 98.1 Å². The van der Waals surface area contributed by atoms with Crippen LogP contribution in [0.4, 0.5) is 5.69 Å². The summed E-state index contributed by atoms with van der Waals surface area (Å²) in [5, 5.41) is 16.5. The van der Waals surface area contributed by atoms with Crippen molar-refractivity contribution in [1.29, 1.82) is 5.26 Å². The molecule has 0 fully saturated rings. The van der Waals surface area contributed by atoms with Crippen LogP contribution in [-0.4, -0.2) is 20.9 Å². The van der Waals surface area contributed by atoms with Gasteiger partial charge in [-0.1, -0.05) is 237 Å². The quantitative estimate of drug-likeness (QED) is 0.135. The molecule has 1 aliphatic rings. The summed E-state index contributed by atoms with van der Waals surface area (Å²) in [6, 6.07) is 97.6. The maximum atomic E-state index is 15.6. The first-order valence-corrected chi connectivity index (χ1v) is 27.1. The predicted molar refractivity (Wildman–Crippen MR) is 330 cm³/mol. The van der Waals surface area contributed by atoms with Gasteiger partial charge in [0.25, 0.3) is 11.8 Å². The number of imide groups is 1. The fourth-order valence-corrected chi connectivity index (χ4v) is 12.4. The number of benzene rings is 12. The fraction of sp³-hybridized carbons (Fsp3) is 0. The number of para-hydroxylation sites is 1. The highest BCUT2D eigenvalue weighted by Crippen LogP contribution is 2.47. The summed E-state index contributed by atoms with van der Waals surface area (Å²) in [4.78, 5) is 32.0. The maximum absolute atomic E-state index is 15.6. The van der Waals surface area contributed by atoms with E-state index in [2.05, 4.69) is 167 Å². The van der Waals surface area contributed by atoms with Gasteiger partial charge in [-0.25, -0.2) is 4.90 Å². The van der Waals surface area contributed by atoms with Gasteiger partial charge in [-0.15, -0.1) is 0 Å². The van der Waals surface area contributed by atoms with Gasteiger partial charge in [0.15, 0.2) is 0 Å². The van der Waals surface area contributed by atoms with Crippen molar-refractivity contribution < 1.29 is 9.59 Å². The number of hydrogen-bond acceptors (Lipinski definition) is 3. The van der Waals surface area contributed by atoms with Gasteiger partial charge in [0.1, 0.15) is 11.6 Å². The molecule has 0 aliphatic carbocycles. The molecule has 6 heteroatoms. The largest absolute Gasteiger partial charge is 0.308 e. The highest BCUT2D eigenvalue weighted by atomic mass is 16.2. The molecule has 3 heterocycles. The van der Waals surface area contributed by atoms with E-state index in [4.69, 9.17) is 0 Å². The lowest BCUT2D eigenvalue weighted by Gasteiger charge is -2.21. The lowest BCUT2D eigenvalue weighted by atomic mass is 9.92. The lowest BCUT2D eigenvalue weighted by molar-refractivity contribution is 0.0926. The molecule has 0 N–H and O–H groups in total. The van der Waals surface area contributed by atoms with Crippen molar-refractivity contribution in [2.45, 2.75) is 0 Å². The molecule has 0 bridgehead atoms. The number of nitriles is 1. The van der Waals surface area contributed by atoms with E-state index < -0.39 is 11.8 Å². The third-order valence-electron chi connectivity index (χ3n) is 16.1. The van der Waals surface area contributed by atoms with Crippen LogP contribution < -0.4 is 4.90 Å². The highest BCUT2D eigenvalue weighted by molar-refractivity contribution is 6.37. The molecule has 0 spiro atoms. The zero-order valence-electron chi connectivity index (χ0n) is 43.7. The van der Waals surface area contributed by atoms with Crippen molar-refractivity contribution in [2.24, 2.45) is 0 Å². The molecule has 0 atom stereocenters. The Morgan fingerprint density at radius 1 is 0.284 bits per heavy atom. The van der Waals surface area contributed by atoms with Crippen LogP contribution in [-0.2, 0) is 0 Å². The average Bonchev–Trinajstić information content (AvgIpc) is 3.69. The maximum Gasteiger partial charge on any atom is 0.266 e. The Labute approximate surface area is 467 Å². The summed E-state index contributed by atoms with van der Waals surface area (Å²) in [5.41, 5.74) is 17.4. The van der Waals surface area contributed by atoms with E-state index in [0.717, 1.165) is 99.2 Å². The van der Waals surface area contributed by atoms with Crippen LogP contribution >= 0.6 is 0 Å². The molecule has 0 unspecified atom stereocenters. The zero-order valence-corrected chi connectivity index (χ0v) is 43.7. The molecule has 14 aromatic rings. The summed E-state index contributed by atoms with van der Waals surface area (Å²) in [5.74, 6) is -0.851. The minimum absolute atomic E-state index is 0.274. The van der Waals surface area contributed by atoms with E-state index >= 15 is 9.59 Å². The molecule has 2 aromatic heterocycles. The van der Waals surface area contributed by atoms with Crippen molar-refractivity contribution in [3.8, 4) is 84.2 Å². The topological polar surface area (TPSA) is 71.0 Å². The molecule has 12 aromatic carbocycles. The Morgan fingerprint density at radius 3 is 1.11 bits per heavy atom. The zero-order chi connectivity index (χ0) is 54.1. The summed E-state index contributed by atoms with van der Waals surface area (Å²) in [7, 11) is 0. The molecule has 1 aliphatic heterocycles.